The maximum atomic E-state index is 12.4. The standard InChI is InChI=1S/C17H19NO2S/c19-14-7-6-12(10-14)11-18-17(20)16-15(8-9-21-16)13-4-2-1-3-5-13/h1-5,8-9,12,14,19H,6-7,10-11H2,(H,18,20). The second-order valence-electron chi connectivity index (χ2n) is 5.57. The highest BCUT2D eigenvalue weighted by Gasteiger charge is 2.23. The third-order valence-electron chi connectivity index (χ3n) is 4.02. The van der Waals surface area contributed by atoms with Crippen LogP contribution >= 0.6 is 11.3 Å². The highest BCUT2D eigenvalue weighted by molar-refractivity contribution is 7.12. The van der Waals surface area contributed by atoms with Gasteiger partial charge >= 0.3 is 0 Å². The van der Waals surface area contributed by atoms with E-state index in [0.717, 1.165) is 35.3 Å². The lowest BCUT2D eigenvalue weighted by molar-refractivity contribution is 0.0949. The zero-order valence-electron chi connectivity index (χ0n) is 11.8. The Balaban J connectivity index is 1.67. The molecule has 2 aromatic rings. The summed E-state index contributed by atoms with van der Waals surface area (Å²) in [5.74, 6) is 0.398. The van der Waals surface area contributed by atoms with Gasteiger partial charge in [0.1, 0.15) is 0 Å². The highest BCUT2D eigenvalue weighted by atomic mass is 32.1. The third-order valence-corrected chi connectivity index (χ3v) is 4.93. The molecule has 1 aromatic heterocycles. The lowest BCUT2D eigenvalue weighted by Crippen LogP contribution is -2.28. The first kappa shape index (κ1) is 14.3. The molecule has 0 radical (unpaired) electrons. The summed E-state index contributed by atoms with van der Waals surface area (Å²) in [5.41, 5.74) is 2.06. The zero-order valence-corrected chi connectivity index (χ0v) is 12.6. The van der Waals surface area contributed by atoms with Gasteiger partial charge < -0.3 is 10.4 Å². The summed E-state index contributed by atoms with van der Waals surface area (Å²) in [4.78, 5) is 13.1. The molecule has 3 rings (SSSR count). The Bertz CT molecular complexity index is 608. The van der Waals surface area contributed by atoms with Crippen LogP contribution in [-0.2, 0) is 0 Å². The summed E-state index contributed by atoms with van der Waals surface area (Å²) in [6, 6.07) is 12.0. The number of carbonyl (C=O) groups is 1. The van der Waals surface area contributed by atoms with E-state index in [0.29, 0.717) is 12.5 Å². The Morgan fingerprint density at radius 2 is 2.05 bits per heavy atom. The van der Waals surface area contributed by atoms with Crippen LogP contribution in [0.25, 0.3) is 11.1 Å². The molecule has 0 bridgehead atoms. The van der Waals surface area contributed by atoms with E-state index in [2.05, 4.69) is 5.32 Å². The first-order valence-corrected chi connectivity index (χ1v) is 8.21. The van der Waals surface area contributed by atoms with Gasteiger partial charge in [0.25, 0.3) is 5.91 Å². The Kier molecular flexibility index (Phi) is 4.36. The maximum absolute atomic E-state index is 12.4. The van der Waals surface area contributed by atoms with Crippen molar-refractivity contribution in [3.8, 4) is 11.1 Å². The summed E-state index contributed by atoms with van der Waals surface area (Å²) in [6.07, 6.45) is 2.47. The molecule has 1 saturated carbocycles. The number of hydrogen-bond donors (Lipinski definition) is 2. The molecule has 2 N–H and O–H groups in total. The normalized spacial score (nSPS) is 21.4. The molecule has 1 heterocycles. The number of aliphatic hydroxyl groups is 1. The number of aliphatic hydroxyl groups excluding tert-OH is 1. The van der Waals surface area contributed by atoms with Crippen LogP contribution in [0.2, 0.25) is 0 Å². The molecule has 1 aromatic carbocycles. The summed E-state index contributed by atoms with van der Waals surface area (Å²) in [5, 5.41) is 14.5. The van der Waals surface area contributed by atoms with E-state index in [4.69, 9.17) is 0 Å². The SMILES string of the molecule is O=C(NCC1CCC(O)C1)c1sccc1-c1ccccc1. The molecule has 1 fully saturated rings. The fourth-order valence-electron chi connectivity index (χ4n) is 2.88. The Labute approximate surface area is 128 Å². The molecule has 1 aliphatic carbocycles. The van der Waals surface area contributed by atoms with Crippen molar-refractivity contribution in [2.24, 2.45) is 5.92 Å². The van der Waals surface area contributed by atoms with Crippen molar-refractivity contribution < 1.29 is 9.90 Å². The number of nitrogens with one attached hydrogen (secondary N) is 1. The van der Waals surface area contributed by atoms with Crippen molar-refractivity contribution in [3.05, 3.63) is 46.7 Å². The fourth-order valence-corrected chi connectivity index (χ4v) is 3.71. The van der Waals surface area contributed by atoms with Gasteiger partial charge in [-0.3, -0.25) is 4.79 Å². The minimum atomic E-state index is -0.187. The second-order valence-corrected chi connectivity index (χ2v) is 6.49. The largest absolute Gasteiger partial charge is 0.393 e. The molecule has 21 heavy (non-hydrogen) atoms. The predicted octanol–water partition coefficient (Wildman–Crippen LogP) is 3.31. The van der Waals surface area contributed by atoms with Gasteiger partial charge in [-0.15, -0.1) is 11.3 Å². The van der Waals surface area contributed by atoms with E-state index in [1.807, 2.05) is 41.8 Å². The lowest BCUT2D eigenvalue weighted by Gasteiger charge is -2.11. The number of thiophene rings is 1. The Morgan fingerprint density at radius 3 is 2.76 bits per heavy atom. The summed E-state index contributed by atoms with van der Waals surface area (Å²) >= 11 is 1.47. The van der Waals surface area contributed by atoms with Crippen LogP contribution in [0.15, 0.2) is 41.8 Å². The predicted molar refractivity (Wildman–Crippen MR) is 85.4 cm³/mol. The van der Waals surface area contributed by atoms with Crippen molar-refractivity contribution in [1.82, 2.24) is 5.32 Å². The summed E-state index contributed by atoms with van der Waals surface area (Å²) < 4.78 is 0. The fraction of sp³-hybridized carbons (Fsp3) is 0.353. The smallest absolute Gasteiger partial charge is 0.261 e. The maximum Gasteiger partial charge on any atom is 0.261 e. The Morgan fingerprint density at radius 1 is 1.24 bits per heavy atom. The van der Waals surface area contributed by atoms with Gasteiger partial charge in [0.2, 0.25) is 0 Å². The summed E-state index contributed by atoms with van der Waals surface area (Å²) in [6.45, 7) is 0.655. The second kappa shape index (κ2) is 6.41. The van der Waals surface area contributed by atoms with Crippen LogP contribution in [0.4, 0.5) is 0 Å². The monoisotopic (exact) mass is 301 g/mol. The van der Waals surface area contributed by atoms with E-state index in [1.165, 1.54) is 11.3 Å². The number of rotatable bonds is 4. The van der Waals surface area contributed by atoms with E-state index < -0.39 is 0 Å². The molecule has 4 heteroatoms. The Hall–Kier alpha value is -1.65. The molecule has 3 nitrogen and oxygen atoms in total. The molecule has 0 saturated heterocycles. The number of carbonyl (C=O) groups excluding carboxylic acids is 1. The van der Waals surface area contributed by atoms with Crippen molar-refractivity contribution in [2.45, 2.75) is 25.4 Å². The van der Waals surface area contributed by atoms with Crippen LogP contribution in [-0.4, -0.2) is 23.7 Å². The minimum Gasteiger partial charge on any atom is -0.393 e. The van der Waals surface area contributed by atoms with Gasteiger partial charge in [0, 0.05) is 12.1 Å². The molecular formula is C17H19NO2S. The number of amides is 1. The zero-order chi connectivity index (χ0) is 14.7. The van der Waals surface area contributed by atoms with E-state index in [9.17, 15) is 9.90 Å². The first-order valence-electron chi connectivity index (χ1n) is 7.33. The van der Waals surface area contributed by atoms with Crippen LogP contribution in [0, 0.1) is 5.92 Å². The lowest BCUT2D eigenvalue weighted by atomic mass is 10.1. The number of benzene rings is 1. The van der Waals surface area contributed by atoms with Crippen LogP contribution in [0.1, 0.15) is 28.9 Å². The number of hydrogen-bond acceptors (Lipinski definition) is 3. The molecule has 2 unspecified atom stereocenters. The van der Waals surface area contributed by atoms with E-state index in [-0.39, 0.29) is 12.0 Å². The van der Waals surface area contributed by atoms with Crippen LogP contribution in [0.3, 0.4) is 0 Å². The third kappa shape index (κ3) is 3.34. The van der Waals surface area contributed by atoms with Gasteiger partial charge in [0.05, 0.1) is 11.0 Å². The van der Waals surface area contributed by atoms with E-state index in [1.54, 1.807) is 0 Å². The molecule has 1 amide bonds. The van der Waals surface area contributed by atoms with Gasteiger partial charge in [-0.1, -0.05) is 30.3 Å². The van der Waals surface area contributed by atoms with Gasteiger partial charge in [-0.25, -0.2) is 0 Å². The average molecular weight is 301 g/mol. The molecule has 110 valence electrons. The van der Waals surface area contributed by atoms with Crippen LogP contribution in [0.5, 0.6) is 0 Å². The average Bonchev–Trinajstić information content (AvgIpc) is 3.14. The molecule has 0 spiro atoms. The van der Waals surface area contributed by atoms with Crippen molar-refractivity contribution in [3.63, 3.8) is 0 Å². The van der Waals surface area contributed by atoms with Gasteiger partial charge in [-0.05, 0) is 42.2 Å². The molecule has 2 atom stereocenters. The topological polar surface area (TPSA) is 49.3 Å². The van der Waals surface area contributed by atoms with Crippen molar-refractivity contribution >= 4 is 17.2 Å². The highest BCUT2D eigenvalue weighted by Crippen LogP contribution is 2.29. The van der Waals surface area contributed by atoms with Gasteiger partial charge in [0.15, 0.2) is 0 Å². The minimum absolute atomic E-state index is 0.00903. The molecular weight excluding hydrogens is 282 g/mol. The summed E-state index contributed by atoms with van der Waals surface area (Å²) in [7, 11) is 0. The van der Waals surface area contributed by atoms with Crippen molar-refractivity contribution in [2.75, 3.05) is 6.54 Å². The van der Waals surface area contributed by atoms with E-state index >= 15 is 0 Å². The van der Waals surface area contributed by atoms with Crippen molar-refractivity contribution in [1.29, 1.82) is 0 Å². The molecule has 0 aliphatic heterocycles. The first-order chi connectivity index (χ1) is 10.2. The van der Waals surface area contributed by atoms with Crippen LogP contribution < -0.4 is 5.32 Å². The molecule has 1 aliphatic rings. The quantitative estimate of drug-likeness (QED) is 0.910. The van der Waals surface area contributed by atoms with Gasteiger partial charge in [-0.2, -0.15) is 0 Å².